The monoisotopic (exact) mass is 488 g/mol. The molecule has 0 spiro atoms. The molecule has 0 aliphatic carbocycles. The number of hydrogen-bond acceptors (Lipinski definition) is 5. The summed E-state index contributed by atoms with van der Waals surface area (Å²) in [5.74, 6) is 1.12. The standard InChI is InChI=1S/C28H29FN4O3/c1-16(21-7-11-24-25(15-21)36-14-13-35-24)30-26(34)12-10-23-17(2)31-28-27(18(3)32-33(28)19(23)4)20-5-8-22(29)9-6-20/h5-9,11,15-16H,10,12-14H2,1-4H3,(H,30,34)/t16-/m0/s1. The van der Waals surface area contributed by atoms with Gasteiger partial charge in [-0.15, -0.1) is 0 Å². The molecule has 0 saturated heterocycles. The van der Waals surface area contributed by atoms with Crippen LogP contribution in [0.25, 0.3) is 16.8 Å². The minimum absolute atomic E-state index is 0.0417. The zero-order valence-corrected chi connectivity index (χ0v) is 20.9. The zero-order valence-electron chi connectivity index (χ0n) is 20.9. The molecule has 7 nitrogen and oxygen atoms in total. The summed E-state index contributed by atoms with van der Waals surface area (Å²) in [6, 6.07) is 12.0. The average Bonchev–Trinajstić information content (AvgIpc) is 3.19. The Morgan fingerprint density at radius 1 is 1.06 bits per heavy atom. The fraction of sp³-hybridized carbons (Fsp3) is 0.321. The van der Waals surface area contributed by atoms with E-state index in [4.69, 9.17) is 19.6 Å². The van der Waals surface area contributed by atoms with Crippen LogP contribution < -0.4 is 14.8 Å². The lowest BCUT2D eigenvalue weighted by molar-refractivity contribution is -0.121. The van der Waals surface area contributed by atoms with Gasteiger partial charge in [-0.1, -0.05) is 18.2 Å². The molecule has 1 aliphatic heterocycles. The van der Waals surface area contributed by atoms with Crippen molar-refractivity contribution < 1.29 is 18.7 Å². The summed E-state index contributed by atoms with van der Waals surface area (Å²) in [7, 11) is 0. The van der Waals surface area contributed by atoms with Crippen molar-refractivity contribution in [3.63, 3.8) is 0 Å². The fourth-order valence-corrected chi connectivity index (χ4v) is 4.75. The van der Waals surface area contributed by atoms with Gasteiger partial charge in [-0.2, -0.15) is 5.10 Å². The Hall–Kier alpha value is -3.94. The molecule has 0 unspecified atom stereocenters. The van der Waals surface area contributed by atoms with Crippen molar-refractivity contribution in [3.05, 3.63) is 76.5 Å². The van der Waals surface area contributed by atoms with Gasteiger partial charge in [0.2, 0.25) is 5.91 Å². The molecule has 1 aliphatic rings. The van der Waals surface area contributed by atoms with Gasteiger partial charge in [0, 0.05) is 23.4 Å². The van der Waals surface area contributed by atoms with Gasteiger partial charge in [0.05, 0.1) is 11.7 Å². The minimum atomic E-state index is -0.281. The second kappa shape index (κ2) is 9.60. The second-order valence-corrected chi connectivity index (χ2v) is 9.16. The molecule has 1 N–H and O–H groups in total. The van der Waals surface area contributed by atoms with Crippen LogP contribution in [0.2, 0.25) is 0 Å². The molecule has 1 amide bonds. The third-order valence-corrected chi connectivity index (χ3v) is 6.68. The first-order valence-electron chi connectivity index (χ1n) is 12.1. The molecule has 4 aromatic rings. The molecule has 0 fully saturated rings. The van der Waals surface area contributed by atoms with Crippen LogP contribution in [0, 0.1) is 26.6 Å². The maximum Gasteiger partial charge on any atom is 0.220 e. The highest BCUT2D eigenvalue weighted by Gasteiger charge is 2.20. The number of aromatic nitrogens is 3. The number of amides is 1. The first-order valence-corrected chi connectivity index (χ1v) is 12.1. The normalized spacial score (nSPS) is 13.6. The summed E-state index contributed by atoms with van der Waals surface area (Å²) in [6.45, 7) is 8.90. The first-order chi connectivity index (χ1) is 17.3. The number of rotatable bonds is 6. The highest BCUT2D eigenvalue weighted by molar-refractivity contribution is 5.80. The van der Waals surface area contributed by atoms with Crippen LogP contribution in [0.1, 0.15) is 47.6 Å². The zero-order chi connectivity index (χ0) is 25.4. The van der Waals surface area contributed by atoms with Gasteiger partial charge >= 0.3 is 0 Å². The smallest absolute Gasteiger partial charge is 0.220 e. The molecule has 0 saturated carbocycles. The number of nitrogens with zero attached hydrogens (tertiary/aromatic N) is 3. The summed E-state index contributed by atoms with van der Waals surface area (Å²) >= 11 is 0. The lowest BCUT2D eigenvalue weighted by Crippen LogP contribution is -2.27. The number of fused-ring (bicyclic) bond motifs is 2. The van der Waals surface area contributed by atoms with Crippen LogP contribution in [-0.2, 0) is 11.2 Å². The summed E-state index contributed by atoms with van der Waals surface area (Å²) in [5, 5.41) is 7.78. The Bertz CT molecular complexity index is 1450. The van der Waals surface area contributed by atoms with Gasteiger partial charge in [-0.25, -0.2) is 13.9 Å². The van der Waals surface area contributed by atoms with Crippen molar-refractivity contribution in [1.29, 1.82) is 0 Å². The van der Waals surface area contributed by atoms with Gasteiger partial charge in [0.25, 0.3) is 0 Å². The van der Waals surface area contributed by atoms with Crippen molar-refractivity contribution in [2.24, 2.45) is 0 Å². The molecule has 5 rings (SSSR count). The molecular formula is C28H29FN4O3. The molecule has 0 radical (unpaired) electrons. The Balaban J connectivity index is 1.32. The van der Waals surface area contributed by atoms with E-state index in [1.807, 2.05) is 50.4 Å². The summed E-state index contributed by atoms with van der Waals surface area (Å²) < 4.78 is 26.5. The van der Waals surface area contributed by atoms with Crippen LogP contribution in [0.5, 0.6) is 11.5 Å². The molecule has 2 aromatic carbocycles. The summed E-state index contributed by atoms with van der Waals surface area (Å²) in [6.07, 6.45) is 0.875. The number of carbonyl (C=O) groups excluding carboxylic acids is 1. The van der Waals surface area contributed by atoms with Crippen LogP contribution >= 0.6 is 0 Å². The number of benzene rings is 2. The summed E-state index contributed by atoms with van der Waals surface area (Å²) in [4.78, 5) is 17.6. The largest absolute Gasteiger partial charge is 0.486 e. The van der Waals surface area contributed by atoms with E-state index in [0.717, 1.165) is 50.7 Å². The third kappa shape index (κ3) is 4.51. The number of nitrogens with one attached hydrogen (secondary N) is 1. The van der Waals surface area contributed by atoms with E-state index in [1.54, 1.807) is 12.1 Å². The van der Waals surface area contributed by atoms with Crippen molar-refractivity contribution in [2.45, 2.75) is 46.6 Å². The van der Waals surface area contributed by atoms with E-state index in [-0.39, 0.29) is 17.8 Å². The number of ether oxygens (including phenoxy) is 2. The second-order valence-electron chi connectivity index (χ2n) is 9.16. The van der Waals surface area contributed by atoms with Gasteiger partial charge < -0.3 is 14.8 Å². The Morgan fingerprint density at radius 2 is 1.78 bits per heavy atom. The van der Waals surface area contributed by atoms with E-state index in [1.165, 1.54) is 12.1 Å². The number of carbonyl (C=O) groups is 1. The predicted octanol–water partition coefficient (Wildman–Crippen LogP) is 5.04. The quantitative estimate of drug-likeness (QED) is 0.411. The highest BCUT2D eigenvalue weighted by Crippen LogP contribution is 2.33. The van der Waals surface area contributed by atoms with Gasteiger partial charge in [0.1, 0.15) is 19.0 Å². The SMILES string of the molecule is Cc1nc2c(-c3ccc(F)cc3)c(C)nn2c(C)c1CCC(=O)N[C@@H](C)c1ccc2c(c1)OCCO2. The molecule has 1 atom stereocenters. The van der Waals surface area contributed by atoms with E-state index in [0.29, 0.717) is 31.8 Å². The molecule has 186 valence electrons. The third-order valence-electron chi connectivity index (χ3n) is 6.68. The molecular weight excluding hydrogens is 459 g/mol. The van der Waals surface area contributed by atoms with Gasteiger partial charge in [-0.3, -0.25) is 4.79 Å². The topological polar surface area (TPSA) is 77.8 Å². The Labute approximate surface area is 209 Å². The lowest BCUT2D eigenvalue weighted by Gasteiger charge is -2.21. The predicted molar refractivity (Wildman–Crippen MR) is 135 cm³/mol. The van der Waals surface area contributed by atoms with Crippen molar-refractivity contribution in [2.75, 3.05) is 13.2 Å². The fourth-order valence-electron chi connectivity index (χ4n) is 4.75. The first kappa shape index (κ1) is 23.8. The van der Waals surface area contributed by atoms with E-state index in [9.17, 15) is 9.18 Å². The summed E-state index contributed by atoms with van der Waals surface area (Å²) in [5.41, 5.74) is 7.07. The molecule has 3 heterocycles. The van der Waals surface area contributed by atoms with Gasteiger partial charge in [-0.05, 0) is 75.1 Å². The maximum absolute atomic E-state index is 13.4. The average molecular weight is 489 g/mol. The van der Waals surface area contributed by atoms with E-state index >= 15 is 0 Å². The Kier molecular flexibility index (Phi) is 6.35. The van der Waals surface area contributed by atoms with Crippen molar-refractivity contribution >= 4 is 11.6 Å². The van der Waals surface area contributed by atoms with Gasteiger partial charge in [0.15, 0.2) is 17.1 Å². The van der Waals surface area contributed by atoms with Crippen LogP contribution in [0.15, 0.2) is 42.5 Å². The van der Waals surface area contributed by atoms with Crippen LogP contribution in [0.3, 0.4) is 0 Å². The molecule has 0 bridgehead atoms. The number of aryl methyl sites for hydroxylation is 3. The molecule has 8 heteroatoms. The molecule has 36 heavy (non-hydrogen) atoms. The lowest BCUT2D eigenvalue weighted by atomic mass is 10.0. The number of halogens is 1. The number of hydrogen-bond donors (Lipinski definition) is 1. The van der Waals surface area contributed by atoms with Crippen molar-refractivity contribution in [1.82, 2.24) is 19.9 Å². The maximum atomic E-state index is 13.4. The van der Waals surface area contributed by atoms with Crippen molar-refractivity contribution in [3.8, 4) is 22.6 Å². The Morgan fingerprint density at radius 3 is 2.53 bits per heavy atom. The van der Waals surface area contributed by atoms with Crippen LogP contribution in [0.4, 0.5) is 4.39 Å². The van der Waals surface area contributed by atoms with Crippen LogP contribution in [-0.4, -0.2) is 33.7 Å². The highest BCUT2D eigenvalue weighted by atomic mass is 19.1. The molecule has 2 aromatic heterocycles. The minimum Gasteiger partial charge on any atom is -0.486 e. The van der Waals surface area contributed by atoms with E-state index < -0.39 is 0 Å². The van der Waals surface area contributed by atoms with E-state index in [2.05, 4.69) is 5.32 Å².